The van der Waals surface area contributed by atoms with Crippen LogP contribution in [0.25, 0.3) is 16.9 Å². The zero-order valence-electron chi connectivity index (χ0n) is 17.6. The van der Waals surface area contributed by atoms with Gasteiger partial charge in [0.2, 0.25) is 5.91 Å². The van der Waals surface area contributed by atoms with E-state index in [0.717, 1.165) is 23.2 Å². The first-order valence-electron chi connectivity index (χ1n) is 10.6. The first-order valence-corrected chi connectivity index (χ1v) is 10.6. The lowest BCUT2D eigenvalue weighted by atomic mass is 9.98. The maximum atomic E-state index is 13.2. The summed E-state index contributed by atoms with van der Waals surface area (Å²) in [6.07, 6.45) is 2.65. The number of H-pyrrole nitrogens is 1. The number of rotatable bonds is 4. The molecule has 4 aromatic rings. The summed E-state index contributed by atoms with van der Waals surface area (Å²) in [5, 5.41) is 13.4. The van der Waals surface area contributed by atoms with E-state index in [1.54, 1.807) is 0 Å². The molecule has 7 heteroatoms. The van der Waals surface area contributed by atoms with Crippen molar-refractivity contribution in [2.75, 3.05) is 11.4 Å². The minimum absolute atomic E-state index is 0.0792. The van der Waals surface area contributed by atoms with Crippen molar-refractivity contribution in [3.8, 4) is 17.3 Å². The van der Waals surface area contributed by atoms with Gasteiger partial charge in [0, 0.05) is 23.4 Å². The van der Waals surface area contributed by atoms with E-state index < -0.39 is 0 Å². The van der Waals surface area contributed by atoms with Gasteiger partial charge in [0.25, 0.3) is 5.56 Å². The Labute approximate surface area is 184 Å². The van der Waals surface area contributed by atoms with Crippen LogP contribution in [0.5, 0.6) is 0 Å². The van der Waals surface area contributed by atoms with Crippen molar-refractivity contribution >= 4 is 17.2 Å². The fourth-order valence-corrected chi connectivity index (χ4v) is 4.47. The Morgan fingerprint density at radius 1 is 1.16 bits per heavy atom. The van der Waals surface area contributed by atoms with Gasteiger partial charge in [-0.3, -0.25) is 9.59 Å². The third-order valence-electron chi connectivity index (χ3n) is 6.09. The molecule has 1 saturated heterocycles. The number of nitrogens with one attached hydrogen (secondary N) is 1. The zero-order chi connectivity index (χ0) is 22.2. The highest BCUT2D eigenvalue weighted by atomic mass is 16.2. The summed E-state index contributed by atoms with van der Waals surface area (Å²) in [5.41, 5.74) is 4.28. The maximum absolute atomic E-state index is 13.2. The van der Waals surface area contributed by atoms with Crippen LogP contribution in [-0.4, -0.2) is 27.0 Å². The number of fused-ring (bicyclic) bond motifs is 1. The largest absolute Gasteiger partial charge is 0.338 e. The molecule has 1 unspecified atom stereocenters. The molecule has 1 N–H and O–H groups in total. The summed E-state index contributed by atoms with van der Waals surface area (Å²) in [6, 6.07) is 19.5. The average molecular weight is 423 g/mol. The monoisotopic (exact) mass is 423 g/mol. The molecule has 32 heavy (non-hydrogen) atoms. The van der Waals surface area contributed by atoms with Gasteiger partial charge in [-0.15, -0.1) is 0 Å². The Kier molecular flexibility index (Phi) is 4.83. The molecule has 0 spiro atoms. The van der Waals surface area contributed by atoms with Crippen molar-refractivity contribution in [2.45, 2.75) is 25.7 Å². The SMILES string of the molecule is CCc1c(-c2cccc(N3CCC(c4ccccc4)C3=O)c2)[nH]c2c(C#N)cnn2c1=O. The first-order chi connectivity index (χ1) is 15.6. The molecular formula is C25H21N5O2. The quantitative estimate of drug-likeness (QED) is 0.542. The van der Waals surface area contributed by atoms with E-state index in [2.05, 4.69) is 16.2 Å². The van der Waals surface area contributed by atoms with Gasteiger partial charge >= 0.3 is 0 Å². The third-order valence-corrected chi connectivity index (χ3v) is 6.09. The second kappa shape index (κ2) is 7.82. The molecule has 3 heterocycles. The lowest BCUT2D eigenvalue weighted by molar-refractivity contribution is -0.118. The maximum Gasteiger partial charge on any atom is 0.278 e. The molecule has 1 atom stereocenters. The highest BCUT2D eigenvalue weighted by Gasteiger charge is 2.33. The van der Waals surface area contributed by atoms with Crippen LogP contribution in [0.2, 0.25) is 0 Å². The summed E-state index contributed by atoms with van der Waals surface area (Å²) in [6.45, 7) is 2.55. The molecule has 5 rings (SSSR count). The molecule has 1 aliphatic heterocycles. The summed E-state index contributed by atoms with van der Waals surface area (Å²) in [4.78, 5) is 31.2. The minimum Gasteiger partial charge on any atom is -0.338 e. The number of aromatic amines is 1. The number of nitrogens with zero attached hydrogens (tertiary/aromatic N) is 4. The molecule has 0 aliphatic carbocycles. The summed E-state index contributed by atoms with van der Waals surface area (Å²) < 4.78 is 1.24. The number of carbonyl (C=O) groups excluding carboxylic acids is 1. The fourth-order valence-electron chi connectivity index (χ4n) is 4.47. The Hall–Kier alpha value is -4.18. The van der Waals surface area contributed by atoms with Crippen molar-refractivity contribution in [1.29, 1.82) is 5.26 Å². The fraction of sp³-hybridized carbons (Fsp3) is 0.200. The van der Waals surface area contributed by atoms with Gasteiger partial charge in [-0.1, -0.05) is 49.4 Å². The van der Waals surface area contributed by atoms with Crippen LogP contribution in [0.3, 0.4) is 0 Å². The van der Waals surface area contributed by atoms with Crippen LogP contribution in [-0.2, 0) is 11.2 Å². The van der Waals surface area contributed by atoms with E-state index in [1.807, 2.05) is 66.4 Å². The van der Waals surface area contributed by atoms with Gasteiger partial charge in [-0.05, 0) is 30.5 Å². The Bertz CT molecular complexity index is 1430. The molecular weight excluding hydrogens is 402 g/mol. The van der Waals surface area contributed by atoms with Crippen LogP contribution in [0, 0.1) is 11.3 Å². The molecule has 2 aromatic heterocycles. The molecule has 1 aliphatic rings. The van der Waals surface area contributed by atoms with Gasteiger partial charge in [-0.2, -0.15) is 14.9 Å². The highest BCUT2D eigenvalue weighted by Crippen LogP contribution is 2.34. The second-order valence-electron chi connectivity index (χ2n) is 7.86. The molecule has 2 aromatic carbocycles. The van der Waals surface area contributed by atoms with Crippen molar-refractivity contribution in [2.24, 2.45) is 0 Å². The molecule has 7 nitrogen and oxygen atoms in total. The Morgan fingerprint density at radius 2 is 1.97 bits per heavy atom. The number of hydrogen-bond acceptors (Lipinski definition) is 4. The number of benzene rings is 2. The highest BCUT2D eigenvalue weighted by molar-refractivity contribution is 6.00. The van der Waals surface area contributed by atoms with Gasteiger partial charge < -0.3 is 9.88 Å². The van der Waals surface area contributed by atoms with Gasteiger partial charge in [0.15, 0.2) is 5.65 Å². The number of carbonyl (C=O) groups is 1. The predicted octanol–water partition coefficient (Wildman–Crippen LogP) is 3.64. The van der Waals surface area contributed by atoms with Crippen molar-refractivity contribution in [1.82, 2.24) is 14.6 Å². The minimum atomic E-state index is -0.246. The van der Waals surface area contributed by atoms with Gasteiger partial charge in [-0.25, -0.2) is 0 Å². The molecule has 0 radical (unpaired) electrons. The van der Waals surface area contributed by atoms with Gasteiger partial charge in [0.05, 0.1) is 17.8 Å². The van der Waals surface area contributed by atoms with Crippen LogP contribution < -0.4 is 10.5 Å². The Morgan fingerprint density at radius 3 is 2.72 bits per heavy atom. The van der Waals surface area contributed by atoms with E-state index in [4.69, 9.17) is 0 Å². The van der Waals surface area contributed by atoms with Crippen LogP contribution in [0.15, 0.2) is 65.6 Å². The van der Waals surface area contributed by atoms with E-state index in [0.29, 0.717) is 35.4 Å². The molecule has 0 saturated carbocycles. The van der Waals surface area contributed by atoms with E-state index in [9.17, 15) is 14.9 Å². The smallest absolute Gasteiger partial charge is 0.278 e. The molecule has 0 bridgehead atoms. The first kappa shape index (κ1) is 19.8. The Balaban J connectivity index is 1.57. The lowest BCUT2D eigenvalue weighted by Crippen LogP contribution is -2.26. The van der Waals surface area contributed by atoms with Crippen molar-refractivity contribution in [3.05, 3.63) is 87.8 Å². The summed E-state index contributed by atoms with van der Waals surface area (Å²) in [7, 11) is 0. The normalized spacial score (nSPS) is 15.9. The number of anilines is 1. The predicted molar refractivity (Wildman–Crippen MR) is 121 cm³/mol. The topological polar surface area (TPSA) is 94.3 Å². The lowest BCUT2D eigenvalue weighted by Gasteiger charge is -2.18. The number of nitriles is 1. The molecule has 1 amide bonds. The van der Waals surface area contributed by atoms with Crippen LogP contribution in [0.1, 0.15) is 36.0 Å². The third kappa shape index (κ3) is 3.08. The standard InChI is InChI=1S/C25H21N5O2/c1-2-20-22(28-23-18(14-26)15-27-30(23)25(20)32)17-9-6-10-19(13-17)29-12-11-21(24(29)31)16-7-4-3-5-8-16/h3-10,13,15,21,28H,2,11-12H2,1H3. The van der Waals surface area contributed by atoms with E-state index in [1.165, 1.54) is 10.7 Å². The van der Waals surface area contributed by atoms with E-state index >= 15 is 0 Å². The van der Waals surface area contributed by atoms with Crippen molar-refractivity contribution in [3.63, 3.8) is 0 Å². The van der Waals surface area contributed by atoms with Gasteiger partial charge in [0.1, 0.15) is 11.6 Å². The summed E-state index contributed by atoms with van der Waals surface area (Å²) >= 11 is 0. The average Bonchev–Trinajstić information content (AvgIpc) is 3.43. The second-order valence-corrected chi connectivity index (χ2v) is 7.86. The number of aromatic nitrogens is 3. The van der Waals surface area contributed by atoms with E-state index in [-0.39, 0.29) is 17.4 Å². The molecule has 1 fully saturated rings. The van der Waals surface area contributed by atoms with Crippen LogP contribution >= 0.6 is 0 Å². The number of amides is 1. The van der Waals surface area contributed by atoms with Crippen molar-refractivity contribution < 1.29 is 4.79 Å². The molecule has 158 valence electrons. The zero-order valence-corrected chi connectivity index (χ0v) is 17.6. The number of hydrogen-bond donors (Lipinski definition) is 1. The summed E-state index contributed by atoms with van der Waals surface area (Å²) in [5.74, 6) is -0.0669. The van der Waals surface area contributed by atoms with Crippen LogP contribution in [0.4, 0.5) is 5.69 Å².